The summed E-state index contributed by atoms with van der Waals surface area (Å²) in [7, 11) is 2.99. The second-order valence-corrected chi connectivity index (χ2v) is 7.02. The summed E-state index contributed by atoms with van der Waals surface area (Å²) < 4.78 is 28.3. The van der Waals surface area contributed by atoms with Gasteiger partial charge in [0.05, 0.1) is 13.5 Å². The Morgan fingerprint density at radius 1 is 1.23 bits per heavy atom. The molecule has 1 aromatic carbocycles. The standard InChI is InChI=1S/C19H27NO6/c1-19(2)25-17-16(23-4)15(24-18(17)26-19)13(10-14(21)22-3)20-11-12-8-6-5-7-9-12/h5-9,13,15-18,20H,10-11H2,1-4H3. The molecule has 0 saturated carbocycles. The minimum Gasteiger partial charge on any atom is -0.469 e. The fourth-order valence-electron chi connectivity index (χ4n) is 3.51. The molecule has 3 rings (SSSR count). The lowest BCUT2D eigenvalue weighted by Crippen LogP contribution is -2.49. The molecule has 0 amide bonds. The van der Waals surface area contributed by atoms with E-state index in [2.05, 4.69) is 5.32 Å². The summed E-state index contributed by atoms with van der Waals surface area (Å²) >= 11 is 0. The fourth-order valence-corrected chi connectivity index (χ4v) is 3.51. The number of esters is 1. The molecule has 2 heterocycles. The smallest absolute Gasteiger partial charge is 0.307 e. The van der Waals surface area contributed by atoms with Crippen molar-refractivity contribution in [2.45, 2.75) is 63.2 Å². The van der Waals surface area contributed by atoms with Gasteiger partial charge in [-0.1, -0.05) is 30.3 Å². The molecule has 7 heteroatoms. The minimum absolute atomic E-state index is 0.163. The summed E-state index contributed by atoms with van der Waals surface area (Å²) in [6.45, 7) is 4.29. The van der Waals surface area contributed by atoms with Crippen LogP contribution in [-0.2, 0) is 35.0 Å². The van der Waals surface area contributed by atoms with E-state index in [0.717, 1.165) is 5.56 Å². The number of ether oxygens (including phenoxy) is 5. The van der Waals surface area contributed by atoms with Crippen LogP contribution in [0.3, 0.4) is 0 Å². The van der Waals surface area contributed by atoms with Gasteiger partial charge in [0.1, 0.15) is 18.3 Å². The summed E-state index contributed by atoms with van der Waals surface area (Å²) in [6, 6.07) is 9.67. The molecule has 5 unspecified atom stereocenters. The molecular formula is C19H27NO6. The number of rotatable bonds is 7. The molecule has 7 nitrogen and oxygen atoms in total. The first-order chi connectivity index (χ1) is 12.4. The fraction of sp³-hybridized carbons (Fsp3) is 0.632. The summed E-state index contributed by atoms with van der Waals surface area (Å²) in [5.74, 6) is -1.03. The van der Waals surface area contributed by atoms with Crippen LogP contribution in [0.4, 0.5) is 0 Å². The molecule has 5 atom stereocenters. The van der Waals surface area contributed by atoms with Crippen molar-refractivity contribution in [3.05, 3.63) is 35.9 Å². The van der Waals surface area contributed by atoms with Crippen molar-refractivity contribution in [2.75, 3.05) is 14.2 Å². The summed E-state index contributed by atoms with van der Waals surface area (Å²) in [4.78, 5) is 11.9. The molecule has 2 aliphatic heterocycles. The Morgan fingerprint density at radius 2 is 1.96 bits per heavy atom. The van der Waals surface area contributed by atoms with Gasteiger partial charge in [-0.15, -0.1) is 0 Å². The van der Waals surface area contributed by atoms with E-state index in [4.69, 9.17) is 23.7 Å². The van der Waals surface area contributed by atoms with Gasteiger partial charge in [-0.2, -0.15) is 0 Å². The zero-order valence-corrected chi connectivity index (χ0v) is 15.6. The number of hydrogen-bond acceptors (Lipinski definition) is 7. The summed E-state index contributed by atoms with van der Waals surface area (Å²) in [6.07, 6.45) is -1.43. The molecule has 2 fully saturated rings. The van der Waals surface area contributed by atoms with Crippen LogP contribution >= 0.6 is 0 Å². The highest BCUT2D eigenvalue weighted by molar-refractivity contribution is 5.70. The van der Waals surface area contributed by atoms with Crippen molar-refractivity contribution < 1.29 is 28.5 Å². The average Bonchev–Trinajstić information content (AvgIpc) is 3.10. The Bertz CT molecular complexity index is 607. The van der Waals surface area contributed by atoms with Crippen LogP contribution in [0.25, 0.3) is 0 Å². The number of carbonyl (C=O) groups is 1. The largest absolute Gasteiger partial charge is 0.469 e. The first-order valence-corrected chi connectivity index (χ1v) is 8.81. The molecule has 2 saturated heterocycles. The van der Waals surface area contributed by atoms with Crippen LogP contribution in [0, 0.1) is 0 Å². The predicted molar refractivity (Wildman–Crippen MR) is 93.2 cm³/mol. The predicted octanol–water partition coefficient (Wildman–Crippen LogP) is 1.60. The Balaban J connectivity index is 1.72. The molecule has 144 valence electrons. The van der Waals surface area contributed by atoms with Crippen LogP contribution in [0.15, 0.2) is 30.3 Å². The van der Waals surface area contributed by atoms with Crippen molar-refractivity contribution in [1.82, 2.24) is 5.32 Å². The first kappa shape index (κ1) is 19.3. The molecule has 0 aromatic heterocycles. The molecule has 0 radical (unpaired) electrons. The van der Waals surface area contributed by atoms with Crippen LogP contribution < -0.4 is 5.32 Å². The van der Waals surface area contributed by atoms with E-state index < -0.39 is 18.2 Å². The van der Waals surface area contributed by atoms with Crippen LogP contribution in [0.5, 0.6) is 0 Å². The zero-order chi connectivity index (χ0) is 18.7. The van der Waals surface area contributed by atoms with E-state index >= 15 is 0 Å². The van der Waals surface area contributed by atoms with Gasteiger partial charge in [0.15, 0.2) is 12.1 Å². The Hall–Kier alpha value is -1.51. The van der Waals surface area contributed by atoms with E-state index in [9.17, 15) is 4.79 Å². The summed E-state index contributed by atoms with van der Waals surface area (Å²) in [5.41, 5.74) is 1.11. The van der Waals surface area contributed by atoms with Crippen LogP contribution in [0.1, 0.15) is 25.8 Å². The third-order valence-electron chi connectivity index (χ3n) is 4.72. The number of hydrogen-bond donors (Lipinski definition) is 1. The monoisotopic (exact) mass is 365 g/mol. The Labute approximate surface area is 153 Å². The first-order valence-electron chi connectivity index (χ1n) is 8.81. The van der Waals surface area contributed by atoms with E-state index in [1.165, 1.54) is 7.11 Å². The highest BCUT2D eigenvalue weighted by atomic mass is 16.8. The minimum atomic E-state index is -0.716. The van der Waals surface area contributed by atoms with E-state index in [1.54, 1.807) is 7.11 Å². The van der Waals surface area contributed by atoms with Gasteiger partial charge in [-0.05, 0) is 19.4 Å². The number of benzene rings is 1. The maximum atomic E-state index is 11.9. The topological polar surface area (TPSA) is 75.3 Å². The second kappa shape index (κ2) is 8.02. The highest BCUT2D eigenvalue weighted by Crippen LogP contribution is 2.39. The average molecular weight is 365 g/mol. The molecular weight excluding hydrogens is 338 g/mol. The van der Waals surface area contributed by atoms with Gasteiger partial charge in [0.25, 0.3) is 0 Å². The zero-order valence-electron chi connectivity index (χ0n) is 15.6. The highest BCUT2D eigenvalue weighted by Gasteiger charge is 2.56. The molecule has 2 aliphatic rings. The number of fused-ring (bicyclic) bond motifs is 1. The van der Waals surface area contributed by atoms with Crippen LogP contribution in [0.2, 0.25) is 0 Å². The molecule has 0 aliphatic carbocycles. The second-order valence-electron chi connectivity index (χ2n) is 7.02. The van der Waals surface area contributed by atoms with Gasteiger partial charge in [0, 0.05) is 19.7 Å². The molecule has 1 aromatic rings. The van der Waals surface area contributed by atoms with E-state index in [-0.39, 0.29) is 30.6 Å². The Kier molecular flexibility index (Phi) is 5.94. The van der Waals surface area contributed by atoms with Crippen molar-refractivity contribution in [2.24, 2.45) is 0 Å². The number of methoxy groups -OCH3 is 2. The maximum Gasteiger partial charge on any atom is 0.307 e. The molecule has 1 N–H and O–H groups in total. The maximum absolute atomic E-state index is 11.9. The SMILES string of the molecule is COC(=O)CC(NCc1ccccc1)C1OC2OC(C)(C)OC2C1OC. The van der Waals surface area contributed by atoms with Gasteiger partial charge >= 0.3 is 5.97 Å². The van der Waals surface area contributed by atoms with Gasteiger partial charge in [-0.25, -0.2) is 0 Å². The quantitative estimate of drug-likeness (QED) is 0.736. The Morgan fingerprint density at radius 3 is 2.62 bits per heavy atom. The van der Waals surface area contributed by atoms with Crippen molar-refractivity contribution in [3.8, 4) is 0 Å². The van der Waals surface area contributed by atoms with Gasteiger partial charge < -0.3 is 29.0 Å². The third-order valence-corrected chi connectivity index (χ3v) is 4.72. The van der Waals surface area contributed by atoms with E-state index in [0.29, 0.717) is 6.54 Å². The van der Waals surface area contributed by atoms with Crippen molar-refractivity contribution in [1.29, 1.82) is 0 Å². The molecule has 26 heavy (non-hydrogen) atoms. The number of nitrogens with one attached hydrogen (secondary N) is 1. The molecule has 0 spiro atoms. The third kappa shape index (κ3) is 4.24. The lowest BCUT2D eigenvalue weighted by molar-refractivity contribution is -0.220. The van der Waals surface area contributed by atoms with Gasteiger partial charge in [0.2, 0.25) is 0 Å². The summed E-state index contributed by atoms with van der Waals surface area (Å²) in [5, 5.41) is 3.40. The van der Waals surface area contributed by atoms with Gasteiger partial charge in [-0.3, -0.25) is 4.79 Å². The molecule has 0 bridgehead atoms. The lowest BCUT2D eigenvalue weighted by atomic mass is 10.00. The van der Waals surface area contributed by atoms with Crippen LogP contribution in [-0.4, -0.2) is 56.6 Å². The van der Waals surface area contributed by atoms with E-state index in [1.807, 2.05) is 44.2 Å². The van der Waals surface area contributed by atoms with Crippen molar-refractivity contribution >= 4 is 5.97 Å². The van der Waals surface area contributed by atoms with Crippen molar-refractivity contribution in [3.63, 3.8) is 0 Å². The number of carbonyl (C=O) groups excluding carboxylic acids is 1. The normalized spacial score (nSPS) is 30.8. The lowest BCUT2D eigenvalue weighted by Gasteiger charge is -2.30.